The first-order chi connectivity index (χ1) is 13.2. The van der Waals surface area contributed by atoms with Crippen LogP contribution in [0.2, 0.25) is 0 Å². The molecule has 0 aliphatic rings. The molecule has 0 aliphatic heterocycles. The molecule has 134 valence electrons. The van der Waals surface area contributed by atoms with E-state index in [9.17, 15) is 9.90 Å². The van der Waals surface area contributed by atoms with Crippen LogP contribution in [0, 0.1) is 0 Å². The van der Waals surface area contributed by atoms with Crippen molar-refractivity contribution < 1.29 is 14.6 Å². The Morgan fingerprint density at radius 1 is 1.19 bits per heavy atom. The summed E-state index contributed by atoms with van der Waals surface area (Å²) in [5, 5.41) is 14.5. The molecule has 0 bridgehead atoms. The highest BCUT2D eigenvalue weighted by molar-refractivity contribution is 6.03. The summed E-state index contributed by atoms with van der Waals surface area (Å²) < 4.78 is 7.09. The number of rotatable bonds is 5. The van der Waals surface area contributed by atoms with E-state index in [2.05, 4.69) is 10.1 Å². The molecule has 0 unspecified atom stereocenters. The van der Waals surface area contributed by atoms with E-state index >= 15 is 0 Å². The molecule has 3 aromatic heterocycles. The molecular weight excluding hydrogens is 344 g/mol. The van der Waals surface area contributed by atoms with E-state index in [0.29, 0.717) is 29.0 Å². The van der Waals surface area contributed by atoms with Gasteiger partial charge in [-0.1, -0.05) is 12.1 Å². The number of pyridine rings is 2. The van der Waals surface area contributed by atoms with Crippen LogP contribution < -0.4 is 4.74 Å². The van der Waals surface area contributed by atoms with E-state index in [1.54, 1.807) is 36.4 Å². The minimum absolute atomic E-state index is 0.155. The van der Waals surface area contributed by atoms with Crippen molar-refractivity contribution in [2.75, 3.05) is 7.11 Å². The molecule has 0 saturated carbocycles. The number of fused-ring (bicyclic) bond motifs is 1. The van der Waals surface area contributed by atoms with Crippen LogP contribution >= 0.6 is 0 Å². The van der Waals surface area contributed by atoms with Crippen LogP contribution in [-0.4, -0.2) is 37.9 Å². The molecule has 4 rings (SSSR count). The molecule has 4 aromatic rings. The van der Waals surface area contributed by atoms with Crippen molar-refractivity contribution in [2.24, 2.45) is 0 Å². The van der Waals surface area contributed by atoms with Gasteiger partial charge in [-0.15, -0.1) is 0 Å². The maximum atomic E-state index is 11.8. The number of carboxylic acids is 1. The van der Waals surface area contributed by atoms with E-state index < -0.39 is 5.97 Å². The molecule has 0 amide bonds. The van der Waals surface area contributed by atoms with Crippen LogP contribution in [0.4, 0.5) is 0 Å². The molecule has 7 heteroatoms. The topological polar surface area (TPSA) is 90.1 Å². The Balaban J connectivity index is 1.91. The van der Waals surface area contributed by atoms with Gasteiger partial charge in [0, 0.05) is 18.0 Å². The second kappa shape index (κ2) is 6.87. The number of hydrogen-bond acceptors (Lipinski definition) is 5. The molecule has 0 radical (unpaired) electrons. The van der Waals surface area contributed by atoms with Gasteiger partial charge in [-0.25, -0.2) is 14.5 Å². The van der Waals surface area contributed by atoms with Gasteiger partial charge in [-0.2, -0.15) is 5.10 Å². The number of ether oxygens (including phenoxy) is 1. The van der Waals surface area contributed by atoms with E-state index in [-0.39, 0.29) is 5.56 Å². The van der Waals surface area contributed by atoms with E-state index in [4.69, 9.17) is 9.72 Å². The molecule has 1 aromatic carbocycles. The molecule has 1 N–H and O–H groups in total. The highest BCUT2D eigenvalue weighted by Crippen LogP contribution is 2.31. The first-order valence-electron chi connectivity index (χ1n) is 8.29. The first-order valence-corrected chi connectivity index (χ1v) is 8.29. The number of carboxylic acid groups (broad SMARTS) is 1. The Hall–Kier alpha value is -3.74. The normalized spacial score (nSPS) is 10.9. The monoisotopic (exact) mass is 360 g/mol. The van der Waals surface area contributed by atoms with Gasteiger partial charge in [0.2, 0.25) is 0 Å². The maximum absolute atomic E-state index is 11.8. The summed E-state index contributed by atoms with van der Waals surface area (Å²) >= 11 is 0. The van der Waals surface area contributed by atoms with Crippen LogP contribution in [0.25, 0.3) is 22.3 Å². The molecule has 3 heterocycles. The Morgan fingerprint density at radius 2 is 1.96 bits per heavy atom. The lowest BCUT2D eigenvalue weighted by Crippen LogP contribution is -2.05. The molecule has 0 atom stereocenters. The predicted octanol–water partition coefficient (Wildman–Crippen LogP) is 3.25. The van der Waals surface area contributed by atoms with Gasteiger partial charge in [0.1, 0.15) is 5.75 Å². The zero-order valence-electron chi connectivity index (χ0n) is 14.5. The Labute approximate surface area is 154 Å². The van der Waals surface area contributed by atoms with Crippen molar-refractivity contribution in [3.8, 4) is 17.0 Å². The van der Waals surface area contributed by atoms with Gasteiger partial charge in [-0.05, 0) is 35.9 Å². The number of para-hydroxylation sites is 1. The van der Waals surface area contributed by atoms with Crippen LogP contribution in [0.3, 0.4) is 0 Å². The van der Waals surface area contributed by atoms with Crippen molar-refractivity contribution in [1.29, 1.82) is 0 Å². The minimum Gasteiger partial charge on any atom is -0.496 e. The maximum Gasteiger partial charge on any atom is 0.336 e. The second-order valence-corrected chi connectivity index (χ2v) is 5.96. The Kier molecular flexibility index (Phi) is 4.25. The number of benzene rings is 1. The predicted molar refractivity (Wildman–Crippen MR) is 99.8 cm³/mol. The quantitative estimate of drug-likeness (QED) is 0.587. The van der Waals surface area contributed by atoms with E-state index in [1.165, 1.54) is 0 Å². The molecule has 0 aliphatic carbocycles. The fourth-order valence-electron chi connectivity index (χ4n) is 3.00. The summed E-state index contributed by atoms with van der Waals surface area (Å²) in [6, 6.07) is 12.7. The molecule has 27 heavy (non-hydrogen) atoms. The van der Waals surface area contributed by atoms with Gasteiger partial charge in [0.15, 0.2) is 5.65 Å². The SMILES string of the molecule is COc1ccccc1-c1cc(C(=O)O)c2cnn(Cc3ccncc3)c2n1. The Bertz CT molecular complexity index is 1120. The summed E-state index contributed by atoms with van der Waals surface area (Å²) in [6.07, 6.45) is 4.95. The zero-order valence-corrected chi connectivity index (χ0v) is 14.5. The lowest BCUT2D eigenvalue weighted by atomic mass is 10.1. The van der Waals surface area contributed by atoms with Gasteiger partial charge >= 0.3 is 5.97 Å². The number of carbonyl (C=O) groups is 1. The molecule has 0 spiro atoms. The second-order valence-electron chi connectivity index (χ2n) is 5.96. The third kappa shape index (κ3) is 3.10. The number of nitrogens with zero attached hydrogens (tertiary/aromatic N) is 4. The highest BCUT2D eigenvalue weighted by atomic mass is 16.5. The summed E-state index contributed by atoms with van der Waals surface area (Å²) in [4.78, 5) is 20.5. The van der Waals surface area contributed by atoms with Crippen molar-refractivity contribution in [1.82, 2.24) is 19.7 Å². The van der Waals surface area contributed by atoms with Crippen molar-refractivity contribution in [2.45, 2.75) is 6.54 Å². The van der Waals surface area contributed by atoms with Gasteiger partial charge in [0.05, 0.1) is 36.5 Å². The largest absolute Gasteiger partial charge is 0.496 e. The van der Waals surface area contributed by atoms with Crippen LogP contribution in [0.5, 0.6) is 5.75 Å². The number of methoxy groups -OCH3 is 1. The average molecular weight is 360 g/mol. The summed E-state index contributed by atoms with van der Waals surface area (Å²) in [7, 11) is 1.57. The minimum atomic E-state index is -1.03. The standard InChI is InChI=1S/C20H16N4O3/c1-27-18-5-3-2-4-14(18)17-10-15(20(25)26)16-11-22-24(19(16)23-17)12-13-6-8-21-9-7-13/h2-11H,12H2,1H3,(H,25,26). The summed E-state index contributed by atoms with van der Waals surface area (Å²) in [5.41, 5.74) is 2.90. The van der Waals surface area contributed by atoms with Crippen LogP contribution in [0.15, 0.2) is 61.1 Å². The third-order valence-electron chi connectivity index (χ3n) is 4.30. The van der Waals surface area contributed by atoms with E-state index in [1.807, 2.05) is 36.4 Å². The molecule has 0 saturated heterocycles. The molecule has 7 nitrogen and oxygen atoms in total. The van der Waals surface area contributed by atoms with Crippen molar-refractivity contribution in [3.63, 3.8) is 0 Å². The van der Waals surface area contributed by atoms with E-state index in [0.717, 1.165) is 11.1 Å². The smallest absolute Gasteiger partial charge is 0.336 e. The third-order valence-corrected chi connectivity index (χ3v) is 4.30. The number of aromatic carboxylic acids is 1. The average Bonchev–Trinajstić information content (AvgIpc) is 3.10. The number of hydrogen-bond donors (Lipinski definition) is 1. The van der Waals surface area contributed by atoms with Gasteiger partial charge in [-0.3, -0.25) is 4.98 Å². The molecular formula is C20H16N4O3. The van der Waals surface area contributed by atoms with Crippen molar-refractivity contribution in [3.05, 3.63) is 72.2 Å². The van der Waals surface area contributed by atoms with Gasteiger partial charge in [0.25, 0.3) is 0 Å². The van der Waals surface area contributed by atoms with Gasteiger partial charge < -0.3 is 9.84 Å². The number of aromatic nitrogens is 4. The summed E-state index contributed by atoms with van der Waals surface area (Å²) in [5.74, 6) is -0.400. The summed E-state index contributed by atoms with van der Waals surface area (Å²) in [6.45, 7) is 0.466. The fraction of sp³-hybridized carbons (Fsp3) is 0.100. The highest BCUT2D eigenvalue weighted by Gasteiger charge is 2.18. The molecule has 0 fully saturated rings. The zero-order chi connectivity index (χ0) is 18.8. The van der Waals surface area contributed by atoms with Crippen molar-refractivity contribution >= 4 is 17.0 Å². The fourth-order valence-corrected chi connectivity index (χ4v) is 3.00. The van der Waals surface area contributed by atoms with Crippen LogP contribution in [0.1, 0.15) is 15.9 Å². The first kappa shape index (κ1) is 16.7. The van der Waals surface area contributed by atoms with Crippen LogP contribution in [-0.2, 0) is 6.54 Å². The lowest BCUT2D eigenvalue weighted by molar-refractivity contribution is 0.0699. The lowest BCUT2D eigenvalue weighted by Gasteiger charge is -2.10. The Morgan fingerprint density at radius 3 is 2.70 bits per heavy atom.